The fourth-order valence-corrected chi connectivity index (χ4v) is 2.41. The third-order valence-corrected chi connectivity index (χ3v) is 4.08. The predicted molar refractivity (Wildman–Crippen MR) is 75.3 cm³/mol. The van der Waals surface area contributed by atoms with E-state index in [9.17, 15) is 18.0 Å². The molecule has 1 amide bonds. The quantitative estimate of drug-likeness (QED) is 0.921. The highest BCUT2D eigenvalue weighted by Crippen LogP contribution is 2.37. The highest BCUT2D eigenvalue weighted by molar-refractivity contribution is 5.95. The Labute approximate surface area is 122 Å². The Balaban J connectivity index is 2.29. The van der Waals surface area contributed by atoms with Gasteiger partial charge in [-0.3, -0.25) is 4.79 Å². The molecule has 0 bridgehead atoms. The van der Waals surface area contributed by atoms with Gasteiger partial charge in [0.25, 0.3) is 5.91 Å². The van der Waals surface area contributed by atoms with Crippen LogP contribution in [0.25, 0.3) is 0 Å². The van der Waals surface area contributed by atoms with E-state index in [0.29, 0.717) is 5.92 Å². The number of nitrogens with zero attached hydrogens (tertiary/aromatic N) is 1. The van der Waals surface area contributed by atoms with Gasteiger partial charge in [-0.15, -0.1) is 0 Å². The van der Waals surface area contributed by atoms with Crippen LogP contribution in [0, 0.1) is 5.92 Å². The van der Waals surface area contributed by atoms with Crippen molar-refractivity contribution in [1.82, 2.24) is 4.90 Å². The molecule has 3 nitrogen and oxygen atoms in total. The van der Waals surface area contributed by atoms with E-state index in [1.54, 1.807) is 7.05 Å². The minimum absolute atomic E-state index is 0.0306. The summed E-state index contributed by atoms with van der Waals surface area (Å²) in [5, 5.41) is 2.50. The molecule has 21 heavy (non-hydrogen) atoms. The molecule has 1 saturated carbocycles. The standard InChI is InChI=1S/C15H19F3N2O/c1-9(10-4-5-10)20(3)14(21)11-6-7-13(19-2)12(8-11)15(16,17)18/h6-10,19H,4-5H2,1-3H3. The molecule has 0 heterocycles. The Hall–Kier alpha value is -1.72. The maximum Gasteiger partial charge on any atom is 0.418 e. The molecule has 6 heteroatoms. The van der Waals surface area contributed by atoms with Crippen molar-refractivity contribution in [3.05, 3.63) is 29.3 Å². The maximum absolute atomic E-state index is 13.0. The number of carbonyl (C=O) groups excluding carboxylic acids is 1. The number of hydrogen-bond acceptors (Lipinski definition) is 2. The van der Waals surface area contributed by atoms with Gasteiger partial charge < -0.3 is 10.2 Å². The van der Waals surface area contributed by atoms with E-state index in [1.165, 1.54) is 24.1 Å². The average Bonchev–Trinajstić information content (AvgIpc) is 3.27. The number of amides is 1. The van der Waals surface area contributed by atoms with Crippen LogP contribution in [0.1, 0.15) is 35.7 Å². The fraction of sp³-hybridized carbons (Fsp3) is 0.533. The number of nitrogens with one attached hydrogen (secondary N) is 1. The van der Waals surface area contributed by atoms with Crippen molar-refractivity contribution in [1.29, 1.82) is 0 Å². The number of benzene rings is 1. The van der Waals surface area contributed by atoms with Crippen LogP contribution in [0.3, 0.4) is 0 Å². The molecule has 116 valence electrons. The lowest BCUT2D eigenvalue weighted by atomic mass is 10.1. The van der Waals surface area contributed by atoms with Crippen molar-refractivity contribution in [2.24, 2.45) is 5.92 Å². The molecule has 1 N–H and O–H groups in total. The van der Waals surface area contributed by atoms with E-state index in [2.05, 4.69) is 5.32 Å². The zero-order valence-electron chi connectivity index (χ0n) is 12.3. The first-order valence-electron chi connectivity index (χ1n) is 6.92. The van der Waals surface area contributed by atoms with E-state index in [4.69, 9.17) is 0 Å². The van der Waals surface area contributed by atoms with Gasteiger partial charge in [0.05, 0.1) is 5.56 Å². The lowest BCUT2D eigenvalue weighted by molar-refractivity contribution is -0.136. The number of alkyl halides is 3. The Morgan fingerprint density at radius 3 is 2.48 bits per heavy atom. The molecule has 1 aliphatic rings. The summed E-state index contributed by atoms with van der Waals surface area (Å²) in [5.41, 5.74) is -0.781. The lowest BCUT2D eigenvalue weighted by Gasteiger charge is -2.25. The smallest absolute Gasteiger partial charge is 0.388 e. The highest BCUT2D eigenvalue weighted by Gasteiger charge is 2.36. The van der Waals surface area contributed by atoms with Gasteiger partial charge >= 0.3 is 6.18 Å². The molecule has 0 radical (unpaired) electrons. The number of carbonyl (C=O) groups is 1. The summed E-state index contributed by atoms with van der Waals surface area (Å²) in [5.74, 6) is 0.0974. The van der Waals surface area contributed by atoms with Crippen LogP contribution in [0.15, 0.2) is 18.2 Å². The van der Waals surface area contributed by atoms with Crippen LogP contribution in [-0.4, -0.2) is 30.9 Å². The molecule has 0 aliphatic heterocycles. The molecule has 1 aromatic rings. The summed E-state index contributed by atoms with van der Waals surface area (Å²) in [7, 11) is 3.07. The zero-order chi connectivity index (χ0) is 15.8. The van der Waals surface area contributed by atoms with Crippen molar-refractivity contribution in [3.8, 4) is 0 Å². The Bertz CT molecular complexity index is 538. The lowest BCUT2D eigenvalue weighted by Crippen LogP contribution is -2.36. The van der Waals surface area contributed by atoms with Gasteiger partial charge in [-0.25, -0.2) is 0 Å². The summed E-state index contributed by atoms with van der Waals surface area (Å²) in [6.45, 7) is 1.93. The van der Waals surface area contributed by atoms with Crippen LogP contribution in [-0.2, 0) is 6.18 Å². The number of anilines is 1. The SMILES string of the molecule is CNc1ccc(C(=O)N(C)C(C)C2CC2)cc1C(F)(F)F. The average molecular weight is 300 g/mol. The second kappa shape index (κ2) is 5.58. The topological polar surface area (TPSA) is 32.3 Å². The first-order valence-corrected chi connectivity index (χ1v) is 6.92. The minimum atomic E-state index is -4.49. The van der Waals surface area contributed by atoms with Crippen LogP contribution in [0.2, 0.25) is 0 Å². The van der Waals surface area contributed by atoms with Crippen LogP contribution < -0.4 is 5.32 Å². The van der Waals surface area contributed by atoms with E-state index < -0.39 is 11.7 Å². The van der Waals surface area contributed by atoms with Gasteiger partial charge in [0.2, 0.25) is 0 Å². The molecule has 1 aliphatic carbocycles. The van der Waals surface area contributed by atoms with Crippen molar-refractivity contribution < 1.29 is 18.0 Å². The molecule has 0 aromatic heterocycles. The fourth-order valence-electron chi connectivity index (χ4n) is 2.41. The van der Waals surface area contributed by atoms with Gasteiger partial charge in [-0.1, -0.05) is 0 Å². The van der Waals surface area contributed by atoms with Crippen molar-refractivity contribution >= 4 is 11.6 Å². The molecule has 1 unspecified atom stereocenters. The highest BCUT2D eigenvalue weighted by atomic mass is 19.4. The third kappa shape index (κ3) is 3.31. The van der Waals surface area contributed by atoms with E-state index in [0.717, 1.165) is 18.9 Å². The second-order valence-electron chi connectivity index (χ2n) is 5.50. The molecule has 0 saturated heterocycles. The van der Waals surface area contributed by atoms with E-state index >= 15 is 0 Å². The number of hydrogen-bond donors (Lipinski definition) is 1. The monoisotopic (exact) mass is 300 g/mol. The van der Waals surface area contributed by atoms with Gasteiger partial charge in [0, 0.05) is 31.4 Å². The summed E-state index contributed by atoms with van der Waals surface area (Å²) in [4.78, 5) is 13.9. The molecule has 0 spiro atoms. The number of halogens is 3. The Morgan fingerprint density at radius 1 is 1.38 bits per heavy atom. The minimum Gasteiger partial charge on any atom is -0.388 e. The normalized spacial score (nSPS) is 16.5. The van der Waals surface area contributed by atoms with Crippen LogP contribution in [0.5, 0.6) is 0 Å². The van der Waals surface area contributed by atoms with Crippen molar-refractivity contribution in [2.45, 2.75) is 32.0 Å². The van der Waals surface area contributed by atoms with Crippen molar-refractivity contribution in [3.63, 3.8) is 0 Å². The van der Waals surface area contributed by atoms with Gasteiger partial charge in [0.1, 0.15) is 0 Å². The summed E-state index contributed by atoms with van der Waals surface area (Å²) < 4.78 is 39.0. The van der Waals surface area contributed by atoms with Gasteiger partial charge in [-0.2, -0.15) is 13.2 Å². The molecular formula is C15H19F3N2O. The summed E-state index contributed by atoms with van der Waals surface area (Å²) in [6, 6.07) is 3.70. The first-order chi connectivity index (χ1) is 9.75. The zero-order valence-corrected chi connectivity index (χ0v) is 12.3. The van der Waals surface area contributed by atoms with E-state index in [-0.39, 0.29) is 23.2 Å². The van der Waals surface area contributed by atoms with E-state index in [1.807, 2.05) is 6.92 Å². The molecule has 2 rings (SSSR count). The maximum atomic E-state index is 13.0. The number of rotatable bonds is 4. The molecule has 1 fully saturated rings. The van der Waals surface area contributed by atoms with Crippen LogP contribution >= 0.6 is 0 Å². The van der Waals surface area contributed by atoms with Crippen molar-refractivity contribution in [2.75, 3.05) is 19.4 Å². The summed E-state index contributed by atoms with van der Waals surface area (Å²) >= 11 is 0. The molecule has 1 aromatic carbocycles. The molecule has 1 atom stereocenters. The van der Waals surface area contributed by atoms with Gasteiger partial charge in [-0.05, 0) is 43.9 Å². The Morgan fingerprint density at radius 2 is 2.00 bits per heavy atom. The van der Waals surface area contributed by atoms with Gasteiger partial charge in [0.15, 0.2) is 0 Å². The predicted octanol–water partition coefficient (Wildman–Crippen LogP) is 3.62. The van der Waals surface area contributed by atoms with Crippen LogP contribution in [0.4, 0.5) is 18.9 Å². The Kier molecular flexibility index (Phi) is 4.16. The first kappa shape index (κ1) is 15.7. The third-order valence-electron chi connectivity index (χ3n) is 4.08. The second-order valence-corrected chi connectivity index (χ2v) is 5.50. The molecular weight excluding hydrogens is 281 g/mol. The summed E-state index contributed by atoms with van der Waals surface area (Å²) in [6.07, 6.45) is -2.34. The largest absolute Gasteiger partial charge is 0.418 e.